The first-order chi connectivity index (χ1) is 7.95. The van der Waals surface area contributed by atoms with Crippen molar-refractivity contribution in [2.75, 3.05) is 13.1 Å². The molecule has 0 aliphatic carbocycles. The molecule has 1 saturated heterocycles. The predicted octanol–water partition coefficient (Wildman–Crippen LogP) is 1.54. The first-order valence-corrected chi connectivity index (χ1v) is 6.24. The Bertz CT molecular complexity index is 293. The van der Waals surface area contributed by atoms with E-state index in [9.17, 15) is 9.59 Å². The van der Waals surface area contributed by atoms with Gasteiger partial charge in [-0.15, -0.1) is 0 Å². The normalized spacial score (nSPS) is 26.4. The van der Waals surface area contributed by atoms with Crippen molar-refractivity contribution in [1.29, 1.82) is 0 Å². The Kier molecular flexibility index (Phi) is 4.78. The maximum absolute atomic E-state index is 11.9. The molecular formula is C12H22N2O3. The number of nitrogens with zero attached hydrogens (tertiary/aromatic N) is 1. The van der Waals surface area contributed by atoms with Crippen LogP contribution in [-0.2, 0) is 4.79 Å². The van der Waals surface area contributed by atoms with Gasteiger partial charge < -0.3 is 15.3 Å². The second kappa shape index (κ2) is 5.89. The van der Waals surface area contributed by atoms with E-state index in [4.69, 9.17) is 5.11 Å². The zero-order valence-electron chi connectivity index (χ0n) is 10.8. The van der Waals surface area contributed by atoms with Crippen LogP contribution < -0.4 is 5.32 Å². The van der Waals surface area contributed by atoms with Crippen LogP contribution in [0.4, 0.5) is 4.79 Å². The first-order valence-electron chi connectivity index (χ1n) is 6.24. The summed E-state index contributed by atoms with van der Waals surface area (Å²) in [5, 5.41) is 11.4. The highest BCUT2D eigenvalue weighted by molar-refractivity contribution is 5.82. The molecule has 98 valence electrons. The number of carboxylic acid groups (broad SMARTS) is 1. The Morgan fingerprint density at radius 3 is 2.53 bits per heavy atom. The highest BCUT2D eigenvalue weighted by Gasteiger charge is 2.27. The molecule has 0 spiro atoms. The molecule has 3 unspecified atom stereocenters. The topological polar surface area (TPSA) is 69.6 Å². The van der Waals surface area contributed by atoms with Crippen LogP contribution in [0.25, 0.3) is 0 Å². The fraction of sp³-hybridized carbons (Fsp3) is 0.833. The molecule has 0 aromatic carbocycles. The summed E-state index contributed by atoms with van der Waals surface area (Å²) in [6, 6.07) is -1.03. The van der Waals surface area contributed by atoms with Crippen LogP contribution in [0.5, 0.6) is 0 Å². The van der Waals surface area contributed by atoms with Crippen LogP contribution in [-0.4, -0.2) is 41.1 Å². The highest BCUT2D eigenvalue weighted by Crippen LogP contribution is 2.22. The molecule has 17 heavy (non-hydrogen) atoms. The number of amides is 2. The van der Waals surface area contributed by atoms with Crippen molar-refractivity contribution in [2.24, 2.45) is 11.8 Å². The molecule has 1 aliphatic rings. The van der Waals surface area contributed by atoms with Crippen molar-refractivity contribution < 1.29 is 14.7 Å². The SMILES string of the molecule is CCC(NC(=O)N1CCC(C)C(C)C1)C(=O)O. The van der Waals surface area contributed by atoms with Gasteiger partial charge in [0.25, 0.3) is 0 Å². The summed E-state index contributed by atoms with van der Waals surface area (Å²) in [5.74, 6) is 0.124. The summed E-state index contributed by atoms with van der Waals surface area (Å²) in [6.45, 7) is 7.49. The third-order valence-electron chi connectivity index (χ3n) is 3.63. The zero-order chi connectivity index (χ0) is 13.0. The van der Waals surface area contributed by atoms with E-state index in [1.165, 1.54) is 0 Å². The van der Waals surface area contributed by atoms with Gasteiger partial charge in [-0.25, -0.2) is 9.59 Å². The maximum atomic E-state index is 11.9. The summed E-state index contributed by atoms with van der Waals surface area (Å²) in [7, 11) is 0. The number of piperidine rings is 1. The van der Waals surface area contributed by atoms with Crippen molar-refractivity contribution >= 4 is 12.0 Å². The minimum atomic E-state index is -0.973. The van der Waals surface area contributed by atoms with Gasteiger partial charge in [0.05, 0.1) is 0 Å². The number of carbonyl (C=O) groups excluding carboxylic acids is 1. The van der Waals surface area contributed by atoms with E-state index in [2.05, 4.69) is 19.2 Å². The van der Waals surface area contributed by atoms with Gasteiger partial charge in [-0.05, 0) is 24.7 Å². The summed E-state index contributed by atoms with van der Waals surface area (Å²) in [4.78, 5) is 24.4. The standard InChI is InChI=1S/C12H22N2O3/c1-4-10(11(15)16)13-12(17)14-6-5-8(2)9(3)7-14/h8-10H,4-7H2,1-3H3,(H,13,17)(H,15,16). The van der Waals surface area contributed by atoms with Crippen molar-refractivity contribution in [2.45, 2.75) is 39.7 Å². The number of urea groups is 1. The fourth-order valence-electron chi connectivity index (χ4n) is 2.03. The van der Waals surface area contributed by atoms with E-state index in [-0.39, 0.29) is 6.03 Å². The smallest absolute Gasteiger partial charge is 0.326 e. The van der Waals surface area contributed by atoms with Crippen molar-refractivity contribution in [3.63, 3.8) is 0 Å². The minimum Gasteiger partial charge on any atom is -0.480 e. The van der Waals surface area contributed by atoms with Crippen LogP contribution in [0, 0.1) is 11.8 Å². The fourth-order valence-corrected chi connectivity index (χ4v) is 2.03. The van der Waals surface area contributed by atoms with Gasteiger partial charge in [0.15, 0.2) is 0 Å². The van der Waals surface area contributed by atoms with E-state index in [1.54, 1.807) is 11.8 Å². The largest absolute Gasteiger partial charge is 0.480 e. The summed E-state index contributed by atoms with van der Waals surface area (Å²) in [5.41, 5.74) is 0. The molecule has 1 fully saturated rings. The van der Waals surface area contributed by atoms with Crippen molar-refractivity contribution in [3.05, 3.63) is 0 Å². The van der Waals surface area contributed by atoms with Crippen LogP contribution in [0.1, 0.15) is 33.6 Å². The van der Waals surface area contributed by atoms with E-state index in [0.29, 0.717) is 31.3 Å². The second-order valence-electron chi connectivity index (χ2n) is 4.94. The Labute approximate surface area is 102 Å². The molecule has 2 N–H and O–H groups in total. The monoisotopic (exact) mass is 242 g/mol. The molecule has 0 saturated carbocycles. The van der Waals surface area contributed by atoms with Gasteiger partial charge in [0.2, 0.25) is 0 Å². The molecule has 1 rings (SSSR count). The molecule has 3 atom stereocenters. The lowest BCUT2D eigenvalue weighted by Crippen LogP contribution is -2.51. The average Bonchev–Trinajstić information content (AvgIpc) is 2.28. The molecule has 1 aliphatic heterocycles. The summed E-state index contributed by atoms with van der Waals surface area (Å²) in [6.07, 6.45) is 1.39. The first kappa shape index (κ1) is 13.8. The van der Waals surface area contributed by atoms with Crippen LogP contribution in [0.3, 0.4) is 0 Å². The number of nitrogens with one attached hydrogen (secondary N) is 1. The third kappa shape index (κ3) is 3.61. The van der Waals surface area contributed by atoms with Crippen LogP contribution >= 0.6 is 0 Å². The Morgan fingerprint density at radius 2 is 2.06 bits per heavy atom. The summed E-state index contributed by atoms with van der Waals surface area (Å²) >= 11 is 0. The van der Waals surface area contributed by atoms with Crippen molar-refractivity contribution in [1.82, 2.24) is 10.2 Å². The Morgan fingerprint density at radius 1 is 1.41 bits per heavy atom. The lowest BCUT2D eigenvalue weighted by molar-refractivity contribution is -0.139. The number of likely N-dealkylation sites (tertiary alicyclic amines) is 1. The molecule has 0 bridgehead atoms. The number of carbonyl (C=O) groups is 2. The molecular weight excluding hydrogens is 220 g/mol. The lowest BCUT2D eigenvalue weighted by atomic mass is 9.89. The molecule has 1 heterocycles. The van der Waals surface area contributed by atoms with Gasteiger partial charge in [-0.3, -0.25) is 0 Å². The molecule has 0 aromatic rings. The van der Waals surface area contributed by atoms with E-state index >= 15 is 0 Å². The number of aliphatic carboxylic acids is 1. The van der Waals surface area contributed by atoms with Gasteiger partial charge in [0.1, 0.15) is 6.04 Å². The van der Waals surface area contributed by atoms with Crippen LogP contribution in [0.2, 0.25) is 0 Å². The molecule has 0 aromatic heterocycles. The third-order valence-corrected chi connectivity index (χ3v) is 3.63. The Hall–Kier alpha value is -1.26. The highest BCUT2D eigenvalue weighted by atomic mass is 16.4. The molecule has 0 radical (unpaired) electrons. The zero-order valence-corrected chi connectivity index (χ0v) is 10.8. The molecule has 2 amide bonds. The van der Waals surface area contributed by atoms with Gasteiger partial charge in [0, 0.05) is 13.1 Å². The van der Waals surface area contributed by atoms with Gasteiger partial charge in [-0.2, -0.15) is 0 Å². The van der Waals surface area contributed by atoms with Gasteiger partial charge in [-0.1, -0.05) is 20.8 Å². The van der Waals surface area contributed by atoms with Crippen molar-refractivity contribution in [3.8, 4) is 0 Å². The van der Waals surface area contributed by atoms with Crippen LogP contribution in [0.15, 0.2) is 0 Å². The van der Waals surface area contributed by atoms with E-state index in [0.717, 1.165) is 6.42 Å². The number of hydrogen-bond acceptors (Lipinski definition) is 2. The quantitative estimate of drug-likeness (QED) is 0.788. The molecule has 5 heteroatoms. The average molecular weight is 242 g/mol. The Balaban J connectivity index is 2.50. The minimum absolute atomic E-state index is 0.252. The lowest BCUT2D eigenvalue weighted by Gasteiger charge is -2.35. The van der Waals surface area contributed by atoms with E-state index < -0.39 is 12.0 Å². The van der Waals surface area contributed by atoms with E-state index in [1.807, 2.05) is 0 Å². The maximum Gasteiger partial charge on any atom is 0.326 e. The number of hydrogen-bond donors (Lipinski definition) is 2. The molecule has 5 nitrogen and oxygen atoms in total. The number of carboxylic acids is 1. The summed E-state index contributed by atoms with van der Waals surface area (Å²) < 4.78 is 0. The van der Waals surface area contributed by atoms with Gasteiger partial charge >= 0.3 is 12.0 Å². The number of rotatable bonds is 3. The second-order valence-corrected chi connectivity index (χ2v) is 4.94. The predicted molar refractivity (Wildman–Crippen MR) is 64.8 cm³/mol.